The number of esters is 1. The summed E-state index contributed by atoms with van der Waals surface area (Å²) in [6.07, 6.45) is 8.28. The van der Waals surface area contributed by atoms with Crippen LogP contribution in [0.5, 0.6) is 11.5 Å². The van der Waals surface area contributed by atoms with Crippen LogP contribution in [0.4, 0.5) is 0 Å². The second kappa shape index (κ2) is 7.34. The highest BCUT2D eigenvalue weighted by Crippen LogP contribution is 2.38. The molecule has 1 aromatic rings. The fraction of sp³-hybridized carbons (Fsp3) is 0.500. The summed E-state index contributed by atoms with van der Waals surface area (Å²) in [5.41, 5.74) is 1.35. The molecule has 2 rings (SSSR count). The maximum absolute atomic E-state index is 12.2. The number of hydrogen-bond acceptors (Lipinski definition) is 4. The van der Waals surface area contributed by atoms with E-state index in [-0.39, 0.29) is 23.2 Å². The Bertz CT molecular complexity index is 575. The number of allylic oxidation sites excluding steroid dienone is 2. The molecule has 120 valence electrons. The topological polar surface area (TPSA) is 66.8 Å². The van der Waals surface area contributed by atoms with Gasteiger partial charge in [-0.05, 0) is 44.2 Å². The lowest BCUT2D eigenvalue weighted by Crippen LogP contribution is -2.28. The molecule has 22 heavy (non-hydrogen) atoms. The normalized spacial score (nSPS) is 17.5. The number of carbonyl (C=O) groups is 1. The molecule has 0 radical (unpaired) electrons. The highest BCUT2D eigenvalue weighted by Gasteiger charge is 2.31. The number of hydrogen-bond donors (Lipinski definition) is 2. The summed E-state index contributed by atoms with van der Waals surface area (Å²) in [6, 6.07) is 1.61. The number of fused-ring (bicyclic) bond motifs is 1. The minimum atomic E-state index is -0.484. The lowest BCUT2D eigenvalue weighted by atomic mass is 9.91. The lowest BCUT2D eigenvalue weighted by Gasteiger charge is -2.26. The average Bonchev–Trinajstić information content (AvgIpc) is 2.46. The number of carbonyl (C=O) groups excluding carboxylic acids is 1. The summed E-state index contributed by atoms with van der Waals surface area (Å²) in [7, 11) is 0. The Hall–Kier alpha value is -1.97. The first-order valence-electron chi connectivity index (χ1n) is 7.97. The SMILES string of the molecule is C/C=C/CCC1Cc2cc(O)c(CCCC)c(O)c2C(=O)O1. The van der Waals surface area contributed by atoms with Gasteiger partial charge in [-0.1, -0.05) is 25.5 Å². The summed E-state index contributed by atoms with van der Waals surface area (Å²) in [5, 5.41) is 20.5. The fourth-order valence-corrected chi connectivity index (χ4v) is 2.84. The Morgan fingerprint density at radius 1 is 1.41 bits per heavy atom. The number of benzene rings is 1. The molecule has 1 unspecified atom stereocenters. The van der Waals surface area contributed by atoms with Crippen molar-refractivity contribution < 1.29 is 19.7 Å². The van der Waals surface area contributed by atoms with Gasteiger partial charge in [-0.15, -0.1) is 0 Å². The van der Waals surface area contributed by atoms with Gasteiger partial charge in [0.05, 0.1) is 0 Å². The number of aromatic hydroxyl groups is 2. The molecule has 0 saturated carbocycles. The fourth-order valence-electron chi connectivity index (χ4n) is 2.84. The molecule has 0 aliphatic carbocycles. The lowest BCUT2D eigenvalue weighted by molar-refractivity contribution is 0.0235. The third-order valence-corrected chi connectivity index (χ3v) is 4.06. The first-order valence-corrected chi connectivity index (χ1v) is 7.97. The van der Waals surface area contributed by atoms with Gasteiger partial charge in [0.2, 0.25) is 0 Å². The predicted octanol–water partition coefficient (Wildman–Crippen LogP) is 3.88. The van der Waals surface area contributed by atoms with Crippen LogP contribution in [0, 0.1) is 0 Å². The Morgan fingerprint density at radius 2 is 2.18 bits per heavy atom. The van der Waals surface area contributed by atoms with Crippen molar-refractivity contribution in [3.05, 3.63) is 34.9 Å². The van der Waals surface area contributed by atoms with E-state index < -0.39 is 5.97 Å². The van der Waals surface area contributed by atoms with Gasteiger partial charge in [0.25, 0.3) is 0 Å². The molecule has 1 aliphatic rings. The van der Waals surface area contributed by atoms with E-state index >= 15 is 0 Å². The maximum Gasteiger partial charge on any atom is 0.342 e. The molecule has 1 aliphatic heterocycles. The van der Waals surface area contributed by atoms with E-state index in [1.54, 1.807) is 6.07 Å². The highest BCUT2D eigenvalue weighted by atomic mass is 16.5. The molecule has 4 heteroatoms. The summed E-state index contributed by atoms with van der Waals surface area (Å²) in [4.78, 5) is 12.2. The predicted molar refractivity (Wildman–Crippen MR) is 85.3 cm³/mol. The van der Waals surface area contributed by atoms with Gasteiger partial charge in [0.15, 0.2) is 0 Å². The summed E-state index contributed by atoms with van der Waals surface area (Å²) in [6.45, 7) is 3.99. The van der Waals surface area contributed by atoms with Gasteiger partial charge in [-0.2, -0.15) is 0 Å². The zero-order chi connectivity index (χ0) is 16.1. The van der Waals surface area contributed by atoms with E-state index in [4.69, 9.17) is 4.74 Å². The van der Waals surface area contributed by atoms with E-state index in [9.17, 15) is 15.0 Å². The van der Waals surface area contributed by atoms with Crippen LogP contribution in [0.25, 0.3) is 0 Å². The molecule has 1 heterocycles. The maximum atomic E-state index is 12.2. The van der Waals surface area contributed by atoms with E-state index in [1.807, 2.05) is 26.0 Å². The van der Waals surface area contributed by atoms with Crippen molar-refractivity contribution in [2.75, 3.05) is 0 Å². The minimum Gasteiger partial charge on any atom is -0.508 e. The molecule has 1 atom stereocenters. The number of rotatable bonds is 6. The standard InChI is InChI=1S/C18H24O4/c1-3-5-7-8-13-10-12-11-15(19)14(9-6-4-2)17(20)16(12)18(21)22-13/h3,5,11,13,19-20H,4,6-10H2,1-2H3/b5-3+. The Labute approximate surface area is 131 Å². The quantitative estimate of drug-likeness (QED) is 0.618. The number of cyclic esters (lactones) is 1. The smallest absolute Gasteiger partial charge is 0.342 e. The van der Waals surface area contributed by atoms with Crippen LogP contribution in [0.1, 0.15) is 61.0 Å². The van der Waals surface area contributed by atoms with E-state index in [0.717, 1.165) is 25.7 Å². The number of unbranched alkanes of at least 4 members (excludes halogenated alkanes) is 1. The Morgan fingerprint density at radius 3 is 2.86 bits per heavy atom. The molecule has 0 aromatic heterocycles. The molecular weight excluding hydrogens is 280 g/mol. The molecule has 4 nitrogen and oxygen atoms in total. The second-order valence-electron chi connectivity index (χ2n) is 5.74. The summed E-state index contributed by atoms with van der Waals surface area (Å²) in [5.74, 6) is -0.520. The third kappa shape index (κ3) is 3.43. The van der Waals surface area contributed by atoms with Crippen LogP contribution < -0.4 is 0 Å². The number of phenols is 2. The van der Waals surface area contributed by atoms with Crippen molar-refractivity contribution >= 4 is 5.97 Å². The van der Waals surface area contributed by atoms with Crippen molar-refractivity contribution in [2.45, 2.75) is 58.5 Å². The first-order chi connectivity index (χ1) is 10.6. The molecule has 0 fully saturated rings. The number of phenolic OH excluding ortho intramolecular Hbond substituents is 2. The van der Waals surface area contributed by atoms with Crippen molar-refractivity contribution in [3.8, 4) is 11.5 Å². The van der Waals surface area contributed by atoms with Crippen LogP contribution in [-0.4, -0.2) is 22.3 Å². The molecule has 0 spiro atoms. The van der Waals surface area contributed by atoms with Gasteiger partial charge >= 0.3 is 5.97 Å². The van der Waals surface area contributed by atoms with E-state index in [2.05, 4.69) is 0 Å². The zero-order valence-corrected chi connectivity index (χ0v) is 13.3. The van der Waals surface area contributed by atoms with Crippen molar-refractivity contribution in [1.29, 1.82) is 0 Å². The molecule has 2 N–H and O–H groups in total. The van der Waals surface area contributed by atoms with Crippen LogP contribution in [0.2, 0.25) is 0 Å². The highest BCUT2D eigenvalue weighted by molar-refractivity contribution is 5.96. The molecule has 1 aromatic carbocycles. The monoisotopic (exact) mass is 304 g/mol. The van der Waals surface area contributed by atoms with Crippen LogP contribution in [-0.2, 0) is 17.6 Å². The van der Waals surface area contributed by atoms with Crippen molar-refractivity contribution in [1.82, 2.24) is 0 Å². The summed E-state index contributed by atoms with van der Waals surface area (Å²) >= 11 is 0. The van der Waals surface area contributed by atoms with Gasteiger partial charge in [0.1, 0.15) is 23.2 Å². The van der Waals surface area contributed by atoms with E-state index in [0.29, 0.717) is 24.0 Å². The van der Waals surface area contributed by atoms with Gasteiger partial charge in [0, 0.05) is 12.0 Å². The summed E-state index contributed by atoms with van der Waals surface area (Å²) < 4.78 is 5.43. The first kappa shape index (κ1) is 16.4. The molecule has 0 saturated heterocycles. The zero-order valence-electron chi connectivity index (χ0n) is 13.3. The molecular formula is C18H24O4. The Kier molecular flexibility index (Phi) is 5.47. The average molecular weight is 304 g/mol. The minimum absolute atomic E-state index is 0.0756. The van der Waals surface area contributed by atoms with Crippen molar-refractivity contribution in [2.24, 2.45) is 0 Å². The molecule has 0 amide bonds. The van der Waals surface area contributed by atoms with Crippen molar-refractivity contribution in [3.63, 3.8) is 0 Å². The largest absolute Gasteiger partial charge is 0.508 e. The van der Waals surface area contributed by atoms with Gasteiger partial charge in [-0.25, -0.2) is 4.79 Å². The second-order valence-corrected chi connectivity index (χ2v) is 5.74. The van der Waals surface area contributed by atoms with Gasteiger partial charge in [-0.3, -0.25) is 0 Å². The third-order valence-electron chi connectivity index (χ3n) is 4.06. The Balaban J connectivity index is 2.26. The number of ether oxygens (including phenoxy) is 1. The van der Waals surface area contributed by atoms with Crippen LogP contribution >= 0.6 is 0 Å². The van der Waals surface area contributed by atoms with E-state index in [1.165, 1.54) is 0 Å². The molecule has 0 bridgehead atoms. The van der Waals surface area contributed by atoms with Crippen LogP contribution in [0.15, 0.2) is 18.2 Å². The van der Waals surface area contributed by atoms with Gasteiger partial charge < -0.3 is 14.9 Å². The van der Waals surface area contributed by atoms with Crippen LogP contribution in [0.3, 0.4) is 0 Å².